The zero-order valence-corrected chi connectivity index (χ0v) is 14.8. The first-order valence-corrected chi connectivity index (χ1v) is 9.78. The molecule has 0 aliphatic carbocycles. The number of ether oxygens (including phenoxy) is 2. The first kappa shape index (κ1) is 16.6. The summed E-state index contributed by atoms with van der Waals surface area (Å²) in [6.07, 6.45) is -0.352. The first-order chi connectivity index (χ1) is 11.0. The van der Waals surface area contributed by atoms with Crippen LogP contribution in [0, 0.1) is 0 Å². The van der Waals surface area contributed by atoms with Crippen molar-refractivity contribution in [1.82, 2.24) is 4.31 Å². The van der Waals surface area contributed by atoms with E-state index in [-0.39, 0.29) is 16.9 Å². The summed E-state index contributed by atoms with van der Waals surface area (Å²) in [4.78, 5) is 0. The fourth-order valence-corrected chi connectivity index (χ4v) is 5.46. The van der Waals surface area contributed by atoms with Crippen LogP contribution in [-0.2, 0) is 10.0 Å². The molecule has 23 heavy (non-hydrogen) atoms. The van der Waals surface area contributed by atoms with Crippen LogP contribution >= 0.6 is 22.9 Å². The molecule has 2 aromatic rings. The van der Waals surface area contributed by atoms with Crippen LogP contribution in [0.1, 0.15) is 6.92 Å². The van der Waals surface area contributed by atoms with Crippen molar-refractivity contribution in [2.75, 3.05) is 19.7 Å². The van der Waals surface area contributed by atoms with E-state index in [4.69, 9.17) is 21.1 Å². The number of hydrogen-bond donors (Lipinski definition) is 0. The summed E-state index contributed by atoms with van der Waals surface area (Å²) in [7, 11) is -3.58. The second kappa shape index (κ2) is 6.68. The molecule has 2 heterocycles. The molecule has 8 heteroatoms. The number of halogens is 1. The molecule has 0 N–H and O–H groups in total. The van der Waals surface area contributed by atoms with Crippen LogP contribution < -0.4 is 9.47 Å². The van der Waals surface area contributed by atoms with Crippen molar-refractivity contribution in [3.63, 3.8) is 0 Å². The summed E-state index contributed by atoms with van der Waals surface area (Å²) in [5, 5.41) is 0. The number of sulfonamides is 1. The van der Waals surface area contributed by atoms with Gasteiger partial charge in [-0.1, -0.05) is 30.7 Å². The Labute approximate surface area is 144 Å². The van der Waals surface area contributed by atoms with Crippen LogP contribution in [0.4, 0.5) is 0 Å². The van der Waals surface area contributed by atoms with Crippen LogP contribution in [-0.4, -0.2) is 38.5 Å². The molecule has 0 radical (unpaired) electrons. The molecule has 1 aliphatic heterocycles. The maximum Gasteiger partial charge on any atom is 0.252 e. The Bertz CT molecular complexity index is 790. The normalized spacial score (nSPS) is 17.4. The van der Waals surface area contributed by atoms with Gasteiger partial charge >= 0.3 is 0 Å². The van der Waals surface area contributed by atoms with Gasteiger partial charge in [0.05, 0.1) is 10.9 Å². The predicted octanol–water partition coefficient (Wildman–Crippen LogP) is 3.25. The van der Waals surface area contributed by atoms with Gasteiger partial charge in [-0.25, -0.2) is 8.42 Å². The number of nitrogens with zero attached hydrogens (tertiary/aromatic N) is 1. The van der Waals surface area contributed by atoms with Crippen LogP contribution in [0.3, 0.4) is 0 Å². The minimum absolute atomic E-state index is 0.225. The lowest BCUT2D eigenvalue weighted by molar-refractivity contribution is 0.0772. The number of benzene rings is 1. The molecule has 124 valence electrons. The molecule has 1 aromatic heterocycles. The number of para-hydroxylation sites is 2. The molecule has 0 amide bonds. The van der Waals surface area contributed by atoms with E-state index >= 15 is 0 Å². The van der Waals surface area contributed by atoms with E-state index in [1.165, 1.54) is 10.4 Å². The highest BCUT2D eigenvalue weighted by Gasteiger charge is 2.30. The van der Waals surface area contributed by atoms with Gasteiger partial charge in [-0.2, -0.15) is 4.31 Å². The maximum absolute atomic E-state index is 12.7. The second-order valence-electron chi connectivity index (χ2n) is 5.01. The topological polar surface area (TPSA) is 55.8 Å². The molecular weight excluding hydrogens is 358 g/mol. The predicted molar refractivity (Wildman–Crippen MR) is 90.1 cm³/mol. The zero-order valence-electron chi connectivity index (χ0n) is 12.4. The van der Waals surface area contributed by atoms with Gasteiger partial charge in [0, 0.05) is 6.54 Å². The van der Waals surface area contributed by atoms with Crippen LogP contribution in [0.25, 0.3) is 0 Å². The SMILES string of the molecule is CCN(CC1COc2ccccc2O1)S(=O)(=O)c1ccc(Cl)s1. The maximum atomic E-state index is 12.7. The molecule has 0 spiro atoms. The molecule has 1 unspecified atom stereocenters. The molecule has 0 saturated carbocycles. The van der Waals surface area contributed by atoms with Crippen molar-refractivity contribution in [3.8, 4) is 11.5 Å². The summed E-state index contributed by atoms with van der Waals surface area (Å²) < 4.78 is 38.9. The Kier molecular flexibility index (Phi) is 4.82. The first-order valence-electron chi connectivity index (χ1n) is 7.14. The number of thiophene rings is 1. The lowest BCUT2D eigenvalue weighted by Gasteiger charge is -2.30. The summed E-state index contributed by atoms with van der Waals surface area (Å²) in [5.74, 6) is 1.32. The van der Waals surface area contributed by atoms with E-state index in [9.17, 15) is 8.42 Å². The molecular formula is C15H16ClNO4S2. The Balaban J connectivity index is 1.76. The zero-order chi connectivity index (χ0) is 16.4. The number of likely N-dealkylation sites (N-methyl/N-ethyl adjacent to an activating group) is 1. The Morgan fingerprint density at radius 3 is 2.65 bits per heavy atom. The average molecular weight is 374 g/mol. The van der Waals surface area contributed by atoms with Crippen molar-refractivity contribution in [1.29, 1.82) is 0 Å². The highest BCUT2D eigenvalue weighted by atomic mass is 35.5. The van der Waals surface area contributed by atoms with Crippen LogP contribution in [0.5, 0.6) is 11.5 Å². The minimum atomic E-state index is -3.58. The van der Waals surface area contributed by atoms with Gasteiger partial charge in [0.25, 0.3) is 10.0 Å². The average Bonchev–Trinajstić information content (AvgIpc) is 2.99. The van der Waals surface area contributed by atoms with Gasteiger partial charge in [-0.15, -0.1) is 11.3 Å². The van der Waals surface area contributed by atoms with E-state index in [1.54, 1.807) is 13.0 Å². The Hall–Kier alpha value is -1.28. The number of hydrogen-bond acceptors (Lipinski definition) is 5. The third kappa shape index (κ3) is 3.47. The summed E-state index contributed by atoms with van der Waals surface area (Å²) in [5.41, 5.74) is 0. The summed E-state index contributed by atoms with van der Waals surface area (Å²) >= 11 is 6.91. The molecule has 5 nitrogen and oxygen atoms in total. The van der Waals surface area contributed by atoms with E-state index in [1.807, 2.05) is 24.3 Å². The van der Waals surface area contributed by atoms with Crippen molar-refractivity contribution in [3.05, 3.63) is 40.7 Å². The van der Waals surface area contributed by atoms with E-state index < -0.39 is 10.0 Å². The molecule has 0 bridgehead atoms. The highest BCUT2D eigenvalue weighted by molar-refractivity contribution is 7.91. The van der Waals surface area contributed by atoms with Gasteiger partial charge in [0.15, 0.2) is 11.5 Å². The molecule has 3 rings (SSSR count). The Morgan fingerprint density at radius 2 is 2.00 bits per heavy atom. The van der Waals surface area contributed by atoms with Crippen LogP contribution in [0.15, 0.2) is 40.6 Å². The molecule has 0 fully saturated rings. The number of fused-ring (bicyclic) bond motifs is 1. The van der Waals surface area contributed by atoms with Crippen molar-refractivity contribution in [2.24, 2.45) is 0 Å². The number of rotatable bonds is 5. The quantitative estimate of drug-likeness (QED) is 0.807. The van der Waals surface area contributed by atoms with Gasteiger partial charge in [0.1, 0.15) is 16.9 Å². The van der Waals surface area contributed by atoms with E-state index in [0.29, 0.717) is 29.0 Å². The minimum Gasteiger partial charge on any atom is -0.486 e. The third-order valence-corrected chi connectivity index (χ3v) is 7.11. The Morgan fingerprint density at radius 1 is 1.26 bits per heavy atom. The largest absolute Gasteiger partial charge is 0.486 e. The van der Waals surface area contributed by atoms with Gasteiger partial charge < -0.3 is 9.47 Å². The van der Waals surface area contributed by atoms with Crippen molar-refractivity contribution >= 4 is 33.0 Å². The van der Waals surface area contributed by atoms with Crippen molar-refractivity contribution < 1.29 is 17.9 Å². The lowest BCUT2D eigenvalue weighted by Crippen LogP contribution is -2.43. The standard InChI is InChI=1S/C15H16ClNO4S2/c1-2-17(23(18,19)15-8-7-14(16)22-15)9-11-10-20-12-5-3-4-6-13(12)21-11/h3-8,11H,2,9-10H2,1H3. The summed E-state index contributed by atoms with van der Waals surface area (Å²) in [6.45, 7) is 2.68. The fraction of sp³-hybridized carbons (Fsp3) is 0.333. The highest BCUT2D eigenvalue weighted by Crippen LogP contribution is 2.32. The summed E-state index contributed by atoms with van der Waals surface area (Å²) in [6, 6.07) is 10.5. The van der Waals surface area contributed by atoms with Gasteiger partial charge in [-0.3, -0.25) is 0 Å². The monoisotopic (exact) mass is 373 g/mol. The van der Waals surface area contributed by atoms with E-state index in [2.05, 4.69) is 0 Å². The molecule has 0 saturated heterocycles. The van der Waals surface area contributed by atoms with Gasteiger partial charge in [0.2, 0.25) is 0 Å². The van der Waals surface area contributed by atoms with Crippen molar-refractivity contribution in [2.45, 2.75) is 17.2 Å². The molecule has 1 aromatic carbocycles. The van der Waals surface area contributed by atoms with Gasteiger partial charge in [-0.05, 0) is 24.3 Å². The molecule has 1 aliphatic rings. The fourth-order valence-electron chi connectivity index (χ4n) is 2.34. The van der Waals surface area contributed by atoms with E-state index in [0.717, 1.165) is 11.3 Å². The second-order valence-corrected chi connectivity index (χ2v) is 8.89. The lowest BCUT2D eigenvalue weighted by atomic mass is 10.2. The smallest absolute Gasteiger partial charge is 0.252 e. The van der Waals surface area contributed by atoms with Crippen LogP contribution in [0.2, 0.25) is 4.34 Å². The third-order valence-electron chi connectivity index (χ3n) is 3.47. The molecule has 1 atom stereocenters.